The van der Waals surface area contributed by atoms with Gasteiger partial charge in [0.25, 0.3) is 0 Å². The van der Waals surface area contributed by atoms with E-state index in [0.29, 0.717) is 23.4 Å². The average molecular weight is 834 g/mol. The van der Waals surface area contributed by atoms with Crippen molar-refractivity contribution in [3.8, 4) is 16.9 Å². The van der Waals surface area contributed by atoms with Crippen LogP contribution in [-0.2, 0) is 31.8 Å². The minimum Gasteiger partial charge on any atom is -0.490 e. The average Bonchev–Trinajstić information content (AvgIpc) is 4.16. The predicted octanol–water partition coefficient (Wildman–Crippen LogP) is 1.84. The number of aliphatic hydroxyl groups is 5. The molecule has 0 aliphatic heterocycles. The number of rotatable bonds is 23. The van der Waals surface area contributed by atoms with E-state index in [4.69, 9.17) is 26.2 Å². The topological polar surface area (TPSA) is 249 Å². The van der Waals surface area contributed by atoms with E-state index in [-0.39, 0.29) is 37.1 Å². The second-order valence-electron chi connectivity index (χ2n) is 14.3. The van der Waals surface area contributed by atoms with Crippen molar-refractivity contribution in [1.29, 1.82) is 0 Å². The van der Waals surface area contributed by atoms with Gasteiger partial charge in [-0.25, -0.2) is 17.9 Å². The van der Waals surface area contributed by atoms with Crippen LogP contribution in [0.1, 0.15) is 63.0 Å². The van der Waals surface area contributed by atoms with Gasteiger partial charge in [0.1, 0.15) is 30.1 Å². The van der Waals surface area contributed by atoms with E-state index in [9.17, 15) is 38.4 Å². The summed E-state index contributed by atoms with van der Waals surface area (Å²) in [5.74, 6) is 0.330. The van der Waals surface area contributed by atoms with Crippen LogP contribution in [0.2, 0.25) is 5.02 Å². The lowest BCUT2D eigenvalue weighted by atomic mass is 9.96. The van der Waals surface area contributed by atoms with Crippen molar-refractivity contribution < 1.29 is 53.0 Å². The Hall–Kier alpha value is -3.91. The molecule has 3 amide bonds. The summed E-state index contributed by atoms with van der Waals surface area (Å²) in [6, 6.07) is 12.4. The van der Waals surface area contributed by atoms with Crippen LogP contribution >= 0.6 is 11.6 Å². The van der Waals surface area contributed by atoms with Crippen molar-refractivity contribution in [2.75, 3.05) is 26.2 Å². The third-order valence-corrected chi connectivity index (χ3v) is 11.7. The normalized spacial score (nSPS) is 17.5. The maximum Gasteiger partial charge on any atom is 0.315 e. The van der Waals surface area contributed by atoms with Gasteiger partial charge in [-0.3, -0.25) is 9.78 Å². The molecule has 5 atom stereocenters. The number of likely N-dealkylation sites (N-methyl/N-ethyl adjacent to an activating group) is 1. The van der Waals surface area contributed by atoms with E-state index in [2.05, 4.69) is 25.7 Å². The van der Waals surface area contributed by atoms with Crippen molar-refractivity contribution in [3.63, 3.8) is 0 Å². The molecule has 0 bridgehead atoms. The van der Waals surface area contributed by atoms with Crippen molar-refractivity contribution in [3.05, 3.63) is 77.1 Å². The number of carbonyl (C=O) groups excluding carboxylic acids is 2. The SMILES string of the molecule is CCNC(=O)[C@H](CCCCNS(=O)(=O)c1ccc(Cl)c(COC2(c3cnccc3-c3ccccc3OC3CC3)CC2)c1)NC(=O)NC[C@H](O)[C@@H](O)[C@H](O)[C@H](O)CO. The molecule has 2 aliphatic carbocycles. The largest absolute Gasteiger partial charge is 0.490 e. The van der Waals surface area contributed by atoms with Crippen LogP contribution in [0.25, 0.3) is 11.1 Å². The molecule has 18 heteroatoms. The van der Waals surface area contributed by atoms with E-state index in [1.165, 1.54) is 18.2 Å². The van der Waals surface area contributed by atoms with Gasteiger partial charge in [0.2, 0.25) is 15.9 Å². The molecule has 1 aromatic heterocycles. The fourth-order valence-corrected chi connectivity index (χ4v) is 7.52. The molecule has 2 aliphatic rings. The number of hydrogen-bond donors (Lipinski definition) is 9. The lowest BCUT2D eigenvalue weighted by molar-refractivity contribution is -0.123. The molecule has 0 unspecified atom stereocenters. The molecule has 312 valence electrons. The number of nitrogens with zero attached hydrogens (tertiary/aromatic N) is 1. The minimum atomic E-state index is -3.96. The quantitative estimate of drug-likeness (QED) is 0.0622. The fourth-order valence-electron chi connectivity index (χ4n) is 6.22. The number of sulfonamides is 1. The molecule has 1 heterocycles. The zero-order chi connectivity index (χ0) is 41.2. The van der Waals surface area contributed by atoms with E-state index in [1.807, 2.05) is 36.5 Å². The number of nitrogens with one attached hydrogen (secondary N) is 4. The third-order valence-electron chi connectivity index (χ3n) is 9.82. The number of aliphatic hydroxyl groups excluding tert-OH is 5. The molecule has 0 radical (unpaired) electrons. The van der Waals surface area contributed by atoms with Gasteiger partial charge in [-0.1, -0.05) is 29.8 Å². The lowest BCUT2D eigenvalue weighted by Crippen LogP contribution is -2.53. The van der Waals surface area contributed by atoms with Crippen LogP contribution in [0.3, 0.4) is 0 Å². The van der Waals surface area contributed by atoms with Crippen LogP contribution in [0, 0.1) is 0 Å². The van der Waals surface area contributed by atoms with Crippen molar-refractivity contribution in [2.24, 2.45) is 0 Å². The first-order valence-corrected chi connectivity index (χ1v) is 20.9. The first-order chi connectivity index (χ1) is 27.3. The molecule has 2 fully saturated rings. The number of carbonyl (C=O) groups is 2. The van der Waals surface area contributed by atoms with Crippen molar-refractivity contribution >= 4 is 33.6 Å². The Morgan fingerprint density at radius 1 is 0.982 bits per heavy atom. The van der Waals surface area contributed by atoms with Gasteiger partial charge in [-0.05, 0) is 93.3 Å². The zero-order valence-electron chi connectivity index (χ0n) is 31.6. The van der Waals surface area contributed by atoms with E-state index >= 15 is 0 Å². The van der Waals surface area contributed by atoms with E-state index < -0.39 is 71.2 Å². The van der Waals surface area contributed by atoms with Gasteiger partial charge in [0.15, 0.2) is 0 Å². The van der Waals surface area contributed by atoms with Crippen molar-refractivity contribution in [2.45, 2.75) is 106 Å². The van der Waals surface area contributed by atoms with Gasteiger partial charge in [-0.2, -0.15) is 0 Å². The Balaban J connectivity index is 1.13. The maximum atomic E-state index is 13.3. The smallest absolute Gasteiger partial charge is 0.315 e. The summed E-state index contributed by atoms with van der Waals surface area (Å²) in [7, 11) is -3.96. The molecule has 57 heavy (non-hydrogen) atoms. The monoisotopic (exact) mass is 833 g/mol. The summed E-state index contributed by atoms with van der Waals surface area (Å²) in [4.78, 5) is 29.6. The van der Waals surface area contributed by atoms with Crippen LogP contribution in [0.4, 0.5) is 4.79 Å². The zero-order valence-corrected chi connectivity index (χ0v) is 33.2. The molecule has 0 spiro atoms. The number of aromatic nitrogens is 1. The Morgan fingerprint density at radius 2 is 1.72 bits per heavy atom. The number of halogens is 1. The van der Waals surface area contributed by atoms with Crippen molar-refractivity contribution in [1.82, 2.24) is 25.7 Å². The number of para-hydroxylation sites is 1. The number of benzene rings is 2. The van der Waals surface area contributed by atoms with E-state index in [1.54, 1.807) is 13.1 Å². The standard InChI is InChI=1S/C39H52ClN5O11S/c1-2-42-37(51)31(45-38(52)43-21-32(47)35(49)36(50)33(48)22-46)8-5-6-17-44-57(53,54)26-12-13-30(40)24(19-26)23-55-39(15-16-39)29-20-41-18-14-27(29)28-7-3-4-9-34(28)56-25-10-11-25/h3-4,7,9,12-14,18-20,25,31-33,35-36,44,46-50H,2,5-6,8,10-11,15-17,21-23H2,1H3,(H,42,51)(H2,43,45,52)/t31-,32-,33+,35+,36+/m0/s1. The molecular weight excluding hydrogens is 782 g/mol. The molecule has 3 aromatic rings. The first-order valence-electron chi connectivity index (χ1n) is 19.1. The number of ether oxygens (including phenoxy) is 2. The van der Waals surface area contributed by atoms with Gasteiger partial charge in [-0.15, -0.1) is 0 Å². The summed E-state index contributed by atoms with van der Waals surface area (Å²) in [6.07, 6.45) is 1.05. The molecular formula is C39H52ClN5O11S. The second-order valence-corrected chi connectivity index (χ2v) is 16.4. The predicted molar refractivity (Wildman–Crippen MR) is 210 cm³/mol. The highest BCUT2D eigenvalue weighted by atomic mass is 35.5. The highest BCUT2D eigenvalue weighted by molar-refractivity contribution is 7.89. The molecule has 2 saturated carbocycles. The summed E-state index contributed by atoms with van der Waals surface area (Å²) >= 11 is 6.54. The molecule has 9 N–H and O–H groups in total. The summed E-state index contributed by atoms with van der Waals surface area (Å²) in [5, 5.41) is 55.9. The number of pyridine rings is 1. The third kappa shape index (κ3) is 12.1. The van der Waals surface area contributed by atoms with Crippen LogP contribution < -0.4 is 25.4 Å². The lowest BCUT2D eigenvalue weighted by Gasteiger charge is -2.26. The minimum absolute atomic E-state index is 0.00722. The Kier molecular flexibility index (Phi) is 15.6. The second kappa shape index (κ2) is 20.2. The highest BCUT2D eigenvalue weighted by Crippen LogP contribution is 2.53. The Morgan fingerprint density at radius 3 is 2.42 bits per heavy atom. The summed E-state index contributed by atoms with van der Waals surface area (Å²) in [5.41, 5.74) is 2.73. The van der Waals surface area contributed by atoms with E-state index in [0.717, 1.165) is 48.1 Å². The Labute approximate surface area is 337 Å². The van der Waals surface area contributed by atoms with Gasteiger partial charge in [0, 0.05) is 48.2 Å². The maximum absolute atomic E-state index is 13.3. The van der Waals surface area contributed by atoms with Crippen LogP contribution in [0.5, 0.6) is 5.75 Å². The number of amides is 3. The van der Waals surface area contributed by atoms with Gasteiger partial charge >= 0.3 is 6.03 Å². The highest BCUT2D eigenvalue weighted by Gasteiger charge is 2.48. The van der Waals surface area contributed by atoms with Crippen LogP contribution in [0.15, 0.2) is 65.8 Å². The van der Waals surface area contributed by atoms with Crippen LogP contribution in [-0.4, -0.2) is 114 Å². The number of unbranched alkanes of at least 4 members (excludes halogenated alkanes) is 1. The molecule has 0 saturated heterocycles. The Bertz CT molecular complexity index is 1930. The molecule has 2 aromatic carbocycles. The number of urea groups is 1. The molecule has 16 nitrogen and oxygen atoms in total. The van der Waals surface area contributed by atoms with Gasteiger partial charge < -0.3 is 51.0 Å². The fraction of sp³-hybridized carbons (Fsp3) is 0.513. The van der Waals surface area contributed by atoms with Gasteiger partial charge in [0.05, 0.1) is 35.9 Å². The summed E-state index contributed by atoms with van der Waals surface area (Å²) < 4.78 is 42.0. The first kappa shape index (κ1) is 44.2. The molecule has 5 rings (SSSR count). The summed E-state index contributed by atoms with van der Waals surface area (Å²) in [6.45, 7) is 0.702. The number of hydrogen-bond acceptors (Lipinski definition) is 12.